The predicted octanol–water partition coefficient (Wildman–Crippen LogP) is 2.76. The van der Waals surface area contributed by atoms with Crippen LogP contribution in [-0.2, 0) is 13.6 Å². The predicted molar refractivity (Wildman–Crippen MR) is 103 cm³/mol. The van der Waals surface area contributed by atoms with Gasteiger partial charge in [0.1, 0.15) is 0 Å². The number of carbonyl (C=O) groups is 2. The quantitative estimate of drug-likeness (QED) is 0.726. The second kappa shape index (κ2) is 7.45. The van der Waals surface area contributed by atoms with Crippen molar-refractivity contribution in [3.8, 4) is 0 Å². The molecule has 0 saturated heterocycles. The van der Waals surface area contributed by atoms with Gasteiger partial charge in [-0.2, -0.15) is 10.2 Å². The van der Waals surface area contributed by atoms with E-state index in [9.17, 15) is 9.59 Å². The monoisotopic (exact) mass is 366 g/mol. The topological polar surface area (TPSA) is 93.8 Å². The van der Waals surface area contributed by atoms with Gasteiger partial charge in [-0.15, -0.1) is 0 Å². The van der Waals surface area contributed by atoms with Gasteiger partial charge >= 0.3 is 0 Å². The average molecular weight is 366 g/mol. The largest absolute Gasteiger partial charge is 0.321 e. The van der Waals surface area contributed by atoms with Crippen LogP contribution in [-0.4, -0.2) is 31.4 Å². The fourth-order valence-corrected chi connectivity index (χ4v) is 2.84. The molecule has 0 aliphatic carbocycles. The lowest BCUT2D eigenvalue weighted by Gasteiger charge is -2.07. The number of aromatic nitrogens is 4. The Morgan fingerprint density at radius 1 is 1.04 bits per heavy atom. The van der Waals surface area contributed by atoms with Crippen LogP contribution >= 0.6 is 0 Å². The first-order valence-electron chi connectivity index (χ1n) is 8.66. The molecule has 2 aromatic heterocycles. The molecular formula is C19H22N6O2. The summed E-state index contributed by atoms with van der Waals surface area (Å²) in [4.78, 5) is 25.4. The lowest BCUT2D eigenvalue weighted by Crippen LogP contribution is -2.19. The van der Waals surface area contributed by atoms with E-state index in [1.54, 1.807) is 41.7 Å². The van der Waals surface area contributed by atoms with E-state index < -0.39 is 0 Å². The summed E-state index contributed by atoms with van der Waals surface area (Å²) in [6.45, 7) is 6.09. The summed E-state index contributed by atoms with van der Waals surface area (Å²) < 4.78 is 3.27. The summed E-state index contributed by atoms with van der Waals surface area (Å²) in [5, 5.41) is 14.2. The zero-order valence-electron chi connectivity index (χ0n) is 15.8. The summed E-state index contributed by atoms with van der Waals surface area (Å²) >= 11 is 0. The fourth-order valence-electron chi connectivity index (χ4n) is 2.84. The minimum atomic E-state index is -0.386. The number of amides is 2. The van der Waals surface area contributed by atoms with Crippen molar-refractivity contribution in [3.05, 3.63) is 59.2 Å². The van der Waals surface area contributed by atoms with Gasteiger partial charge in [-0.1, -0.05) is 18.2 Å². The SMILES string of the molecule is CCn1cc(NC(=O)c2c(C)nn(C)c2C)c(C(=O)Nc2ccccc2)n1. The number of benzene rings is 1. The highest BCUT2D eigenvalue weighted by atomic mass is 16.2. The molecule has 2 heterocycles. The van der Waals surface area contributed by atoms with Crippen molar-refractivity contribution in [2.75, 3.05) is 10.6 Å². The van der Waals surface area contributed by atoms with Gasteiger partial charge in [-0.25, -0.2) is 0 Å². The maximum atomic E-state index is 12.8. The first-order valence-corrected chi connectivity index (χ1v) is 8.66. The van der Waals surface area contributed by atoms with Gasteiger partial charge in [0.25, 0.3) is 11.8 Å². The van der Waals surface area contributed by atoms with Crippen LogP contribution in [0.3, 0.4) is 0 Å². The van der Waals surface area contributed by atoms with Gasteiger partial charge < -0.3 is 10.6 Å². The van der Waals surface area contributed by atoms with Crippen molar-refractivity contribution in [2.45, 2.75) is 27.3 Å². The third-order valence-corrected chi connectivity index (χ3v) is 4.32. The molecule has 0 radical (unpaired) electrons. The molecule has 3 rings (SSSR count). The molecule has 2 N–H and O–H groups in total. The highest BCUT2D eigenvalue weighted by Gasteiger charge is 2.22. The molecule has 1 aromatic carbocycles. The van der Waals surface area contributed by atoms with E-state index in [0.717, 1.165) is 5.69 Å². The first-order chi connectivity index (χ1) is 12.9. The number of nitrogens with zero attached hydrogens (tertiary/aromatic N) is 4. The third kappa shape index (κ3) is 3.74. The molecule has 0 aliphatic rings. The molecule has 140 valence electrons. The van der Waals surface area contributed by atoms with Crippen LogP contribution in [0.1, 0.15) is 39.2 Å². The lowest BCUT2D eigenvalue weighted by molar-refractivity contribution is 0.102. The standard InChI is InChI=1S/C19H22N6O2/c1-5-25-11-15(21-18(26)16-12(2)22-24(4)13(16)3)17(23-25)19(27)20-14-9-7-6-8-10-14/h6-11H,5H2,1-4H3,(H,20,27)(H,21,26). The average Bonchev–Trinajstić information content (AvgIpc) is 3.16. The van der Waals surface area contributed by atoms with Gasteiger partial charge in [0.2, 0.25) is 0 Å². The summed E-state index contributed by atoms with van der Waals surface area (Å²) in [7, 11) is 1.78. The highest BCUT2D eigenvalue weighted by Crippen LogP contribution is 2.19. The Labute approximate surface area is 157 Å². The summed E-state index contributed by atoms with van der Waals surface area (Å²) in [6, 6.07) is 9.10. The zero-order chi connectivity index (χ0) is 19.6. The molecular weight excluding hydrogens is 344 g/mol. The second-order valence-corrected chi connectivity index (χ2v) is 6.19. The van der Waals surface area contributed by atoms with Crippen LogP contribution in [0, 0.1) is 13.8 Å². The molecule has 0 fully saturated rings. The summed E-state index contributed by atoms with van der Waals surface area (Å²) in [6.07, 6.45) is 1.65. The molecule has 8 nitrogen and oxygen atoms in total. The number of aryl methyl sites for hydroxylation is 3. The van der Waals surface area contributed by atoms with Crippen molar-refractivity contribution in [2.24, 2.45) is 7.05 Å². The highest BCUT2D eigenvalue weighted by molar-refractivity contribution is 6.12. The Hall–Kier alpha value is -3.42. The van der Waals surface area contributed by atoms with Gasteiger partial charge in [0.15, 0.2) is 5.69 Å². The first kappa shape index (κ1) is 18.4. The molecule has 27 heavy (non-hydrogen) atoms. The molecule has 0 unspecified atom stereocenters. The summed E-state index contributed by atoms with van der Waals surface area (Å²) in [5.41, 5.74) is 3.06. The number of hydrogen-bond donors (Lipinski definition) is 2. The third-order valence-electron chi connectivity index (χ3n) is 4.32. The van der Waals surface area contributed by atoms with Crippen LogP contribution in [0.5, 0.6) is 0 Å². The number of hydrogen-bond acceptors (Lipinski definition) is 4. The molecule has 0 bridgehead atoms. The Kier molecular flexibility index (Phi) is 5.07. The number of rotatable bonds is 5. The van der Waals surface area contributed by atoms with E-state index in [-0.39, 0.29) is 17.5 Å². The van der Waals surface area contributed by atoms with E-state index in [4.69, 9.17) is 0 Å². The molecule has 0 spiro atoms. The molecule has 0 saturated carbocycles. The fraction of sp³-hybridized carbons (Fsp3) is 0.263. The van der Waals surface area contributed by atoms with Crippen molar-refractivity contribution in [1.29, 1.82) is 0 Å². The maximum Gasteiger partial charge on any atom is 0.278 e. The van der Waals surface area contributed by atoms with Gasteiger partial charge in [-0.3, -0.25) is 19.0 Å². The Morgan fingerprint density at radius 3 is 2.33 bits per heavy atom. The van der Waals surface area contributed by atoms with Crippen LogP contribution in [0.2, 0.25) is 0 Å². The van der Waals surface area contributed by atoms with Gasteiger partial charge in [0, 0.05) is 31.2 Å². The van der Waals surface area contributed by atoms with Gasteiger partial charge in [-0.05, 0) is 32.9 Å². The minimum absolute atomic E-state index is 0.160. The Morgan fingerprint density at radius 2 is 1.74 bits per heavy atom. The number of anilines is 2. The van der Waals surface area contributed by atoms with Gasteiger partial charge in [0.05, 0.1) is 16.9 Å². The van der Waals surface area contributed by atoms with E-state index in [1.807, 2.05) is 32.0 Å². The number of carbonyl (C=O) groups excluding carboxylic acids is 2. The van der Waals surface area contributed by atoms with E-state index in [0.29, 0.717) is 29.2 Å². The lowest BCUT2D eigenvalue weighted by atomic mass is 10.2. The van der Waals surface area contributed by atoms with Crippen molar-refractivity contribution in [3.63, 3.8) is 0 Å². The van der Waals surface area contributed by atoms with E-state index >= 15 is 0 Å². The van der Waals surface area contributed by atoms with E-state index in [2.05, 4.69) is 20.8 Å². The minimum Gasteiger partial charge on any atom is -0.321 e. The molecule has 0 atom stereocenters. The smallest absolute Gasteiger partial charge is 0.278 e. The molecule has 0 aliphatic heterocycles. The molecule has 2 amide bonds. The van der Waals surface area contributed by atoms with Crippen LogP contribution in [0.15, 0.2) is 36.5 Å². The van der Waals surface area contributed by atoms with Crippen LogP contribution in [0.4, 0.5) is 11.4 Å². The van der Waals surface area contributed by atoms with Crippen molar-refractivity contribution in [1.82, 2.24) is 19.6 Å². The second-order valence-electron chi connectivity index (χ2n) is 6.19. The number of para-hydroxylation sites is 1. The Bertz CT molecular complexity index is 987. The Balaban J connectivity index is 1.88. The van der Waals surface area contributed by atoms with Crippen molar-refractivity contribution >= 4 is 23.2 Å². The molecule has 3 aromatic rings. The maximum absolute atomic E-state index is 12.8. The molecule has 8 heteroatoms. The normalized spacial score (nSPS) is 10.7. The van der Waals surface area contributed by atoms with Crippen molar-refractivity contribution < 1.29 is 9.59 Å². The summed E-state index contributed by atoms with van der Waals surface area (Å²) in [5.74, 6) is -0.703. The number of nitrogens with one attached hydrogen (secondary N) is 2. The van der Waals surface area contributed by atoms with E-state index in [1.165, 1.54) is 0 Å². The van der Waals surface area contributed by atoms with Crippen LogP contribution in [0.25, 0.3) is 0 Å². The zero-order valence-corrected chi connectivity index (χ0v) is 15.8. The van der Waals surface area contributed by atoms with Crippen LogP contribution < -0.4 is 10.6 Å².